The van der Waals surface area contributed by atoms with E-state index >= 15 is 0 Å². The lowest BCUT2D eigenvalue weighted by Gasteiger charge is -2.16. The van der Waals surface area contributed by atoms with Crippen LogP contribution in [0.15, 0.2) is 53.3 Å². The van der Waals surface area contributed by atoms with Crippen LogP contribution in [-0.2, 0) is 11.3 Å². The van der Waals surface area contributed by atoms with E-state index in [2.05, 4.69) is 0 Å². The second kappa shape index (κ2) is 6.85. The van der Waals surface area contributed by atoms with E-state index in [1.165, 1.54) is 5.56 Å². The zero-order valence-electron chi connectivity index (χ0n) is 14.5. The van der Waals surface area contributed by atoms with Gasteiger partial charge in [-0.1, -0.05) is 48.4 Å². The molecule has 128 valence electrons. The minimum absolute atomic E-state index is 0.128. The number of carbonyl (C=O) groups excluding carboxylic acids is 1. The fourth-order valence-electron chi connectivity index (χ4n) is 3.04. The maximum Gasteiger partial charge on any atom is 0.251 e. The van der Waals surface area contributed by atoms with Crippen molar-refractivity contribution in [2.75, 3.05) is 0 Å². The Balaban J connectivity index is 2.21. The first kappa shape index (κ1) is 17.4. The Morgan fingerprint density at radius 2 is 1.68 bits per heavy atom. The van der Waals surface area contributed by atoms with Crippen molar-refractivity contribution in [3.05, 3.63) is 81.1 Å². The molecule has 0 aliphatic carbocycles. The van der Waals surface area contributed by atoms with Crippen LogP contribution in [0.5, 0.6) is 0 Å². The van der Waals surface area contributed by atoms with Gasteiger partial charge in [-0.2, -0.15) is 0 Å². The fraction of sp³-hybridized carbons (Fsp3) is 0.238. The quantitative estimate of drug-likeness (QED) is 0.646. The van der Waals surface area contributed by atoms with E-state index in [4.69, 9.17) is 11.6 Å². The van der Waals surface area contributed by atoms with Gasteiger partial charge in [0, 0.05) is 11.5 Å². The molecule has 0 aliphatic rings. The SMILES string of the molecule is Cc1ccc(Cn2c(=O)cc(C(C)C(=O)Cl)c3cc(C)ccc32)cc1. The van der Waals surface area contributed by atoms with Gasteiger partial charge in [-0.05, 0) is 48.7 Å². The predicted octanol–water partition coefficient (Wildman–Crippen LogP) is 4.54. The second-order valence-electron chi connectivity index (χ2n) is 6.56. The van der Waals surface area contributed by atoms with Gasteiger partial charge in [-0.3, -0.25) is 9.59 Å². The summed E-state index contributed by atoms with van der Waals surface area (Å²) in [6.07, 6.45) is 0. The van der Waals surface area contributed by atoms with Crippen LogP contribution < -0.4 is 5.56 Å². The van der Waals surface area contributed by atoms with Crippen LogP contribution in [-0.4, -0.2) is 9.81 Å². The van der Waals surface area contributed by atoms with E-state index < -0.39 is 11.2 Å². The van der Waals surface area contributed by atoms with Gasteiger partial charge in [0.25, 0.3) is 5.56 Å². The summed E-state index contributed by atoms with van der Waals surface area (Å²) in [6, 6.07) is 15.6. The van der Waals surface area contributed by atoms with Crippen molar-refractivity contribution in [2.24, 2.45) is 0 Å². The molecule has 0 spiro atoms. The number of aryl methyl sites for hydroxylation is 2. The molecule has 0 bridgehead atoms. The molecule has 4 heteroatoms. The van der Waals surface area contributed by atoms with Crippen LogP contribution in [0.4, 0.5) is 0 Å². The number of pyridine rings is 1. The Morgan fingerprint density at radius 3 is 2.32 bits per heavy atom. The minimum atomic E-state index is -0.521. The number of benzene rings is 2. The van der Waals surface area contributed by atoms with E-state index in [-0.39, 0.29) is 5.56 Å². The summed E-state index contributed by atoms with van der Waals surface area (Å²) in [7, 11) is 0. The standard InChI is InChI=1S/C21H20ClNO2/c1-13-4-7-16(8-5-13)12-23-19-9-6-14(2)10-18(19)17(11-20(23)24)15(3)21(22)25/h4-11,15H,12H2,1-3H3. The number of aromatic nitrogens is 1. The molecule has 1 aromatic heterocycles. The van der Waals surface area contributed by atoms with Crippen molar-refractivity contribution >= 4 is 27.7 Å². The van der Waals surface area contributed by atoms with E-state index in [1.807, 2.05) is 56.3 Å². The smallest absolute Gasteiger partial charge is 0.251 e. The van der Waals surface area contributed by atoms with Crippen molar-refractivity contribution in [1.29, 1.82) is 0 Å². The van der Waals surface area contributed by atoms with Gasteiger partial charge >= 0.3 is 0 Å². The molecule has 3 aromatic rings. The molecule has 25 heavy (non-hydrogen) atoms. The number of carbonyl (C=O) groups is 1. The molecule has 0 fully saturated rings. The van der Waals surface area contributed by atoms with Crippen LogP contribution in [0.2, 0.25) is 0 Å². The van der Waals surface area contributed by atoms with Gasteiger partial charge in [0.2, 0.25) is 5.24 Å². The zero-order chi connectivity index (χ0) is 18.1. The number of rotatable bonds is 4. The van der Waals surface area contributed by atoms with Crippen LogP contribution >= 0.6 is 11.6 Å². The molecule has 0 saturated heterocycles. The Bertz CT molecular complexity index is 1000. The second-order valence-corrected chi connectivity index (χ2v) is 6.93. The highest BCUT2D eigenvalue weighted by molar-refractivity contribution is 6.64. The van der Waals surface area contributed by atoms with E-state index in [1.54, 1.807) is 17.6 Å². The summed E-state index contributed by atoms with van der Waals surface area (Å²) in [5, 5.41) is 0.437. The highest BCUT2D eigenvalue weighted by Crippen LogP contribution is 2.27. The largest absolute Gasteiger partial charge is 0.304 e. The van der Waals surface area contributed by atoms with Gasteiger partial charge in [-0.25, -0.2) is 0 Å². The van der Waals surface area contributed by atoms with Crippen LogP contribution in [0.25, 0.3) is 10.9 Å². The number of fused-ring (bicyclic) bond motifs is 1. The molecule has 0 amide bonds. The van der Waals surface area contributed by atoms with Gasteiger partial charge in [-0.15, -0.1) is 0 Å². The highest BCUT2D eigenvalue weighted by Gasteiger charge is 2.18. The molecular weight excluding hydrogens is 334 g/mol. The van der Waals surface area contributed by atoms with Crippen molar-refractivity contribution in [1.82, 2.24) is 4.57 Å². The lowest BCUT2D eigenvalue weighted by Crippen LogP contribution is -2.22. The Labute approximate surface area is 151 Å². The summed E-state index contributed by atoms with van der Waals surface area (Å²) in [4.78, 5) is 24.4. The Morgan fingerprint density at radius 1 is 1.04 bits per heavy atom. The molecule has 0 aliphatic heterocycles. The lowest BCUT2D eigenvalue weighted by molar-refractivity contribution is -0.112. The first-order chi connectivity index (χ1) is 11.9. The molecular formula is C21H20ClNO2. The third-order valence-electron chi connectivity index (χ3n) is 4.57. The van der Waals surface area contributed by atoms with Gasteiger partial charge in [0.05, 0.1) is 18.0 Å². The van der Waals surface area contributed by atoms with Crippen LogP contribution in [0.1, 0.15) is 35.1 Å². The lowest BCUT2D eigenvalue weighted by atomic mass is 9.96. The van der Waals surface area contributed by atoms with Crippen molar-refractivity contribution in [3.63, 3.8) is 0 Å². The third-order valence-corrected chi connectivity index (χ3v) is 4.89. The fourth-order valence-corrected chi connectivity index (χ4v) is 3.16. The predicted molar refractivity (Wildman–Crippen MR) is 103 cm³/mol. The maximum atomic E-state index is 12.7. The molecule has 1 unspecified atom stereocenters. The van der Waals surface area contributed by atoms with Crippen LogP contribution in [0, 0.1) is 13.8 Å². The topological polar surface area (TPSA) is 39.1 Å². The maximum absolute atomic E-state index is 12.7. The van der Waals surface area contributed by atoms with Gasteiger partial charge < -0.3 is 4.57 Å². The highest BCUT2D eigenvalue weighted by atomic mass is 35.5. The molecule has 3 nitrogen and oxygen atoms in total. The van der Waals surface area contributed by atoms with Gasteiger partial charge in [0.1, 0.15) is 0 Å². The van der Waals surface area contributed by atoms with Crippen molar-refractivity contribution in [2.45, 2.75) is 33.2 Å². The molecule has 2 aromatic carbocycles. The average molecular weight is 354 g/mol. The molecule has 3 rings (SSSR count). The molecule has 0 N–H and O–H groups in total. The van der Waals surface area contributed by atoms with E-state index in [0.717, 1.165) is 22.0 Å². The molecule has 0 radical (unpaired) electrons. The number of hydrogen-bond acceptors (Lipinski definition) is 2. The van der Waals surface area contributed by atoms with Crippen LogP contribution in [0.3, 0.4) is 0 Å². The van der Waals surface area contributed by atoms with Crippen molar-refractivity contribution < 1.29 is 4.79 Å². The molecule has 1 atom stereocenters. The summed E-state index contributed by atoms with van der Waals surface area (Å²) >= 11 is 5.69. The van der Waals surface area contributed by atoms with Gasteiger partial charge in [0.15, 0.2) is 0 Å². The minimum Gasteiger partial charge on any atom is -0.304 e. The molecule has 0 saturated carbocycles. The van der Waals surface area contributed by atoms with E-state index in [0.29, 0.717) is 12.1 Å². The first-order valence-corrected chi connectivity index (χ1v) is 8.63. The molecule has 1 heterocycles. The number of halogens is 1. The van der Waals surface area contributed by atoms with Crippen molar-refractivity contribution in [3.8, 4) is 0 Å². The number of hydrogen-bond donors (Lipinski definition) is 0. The first-order valence-electron chi connectivity index (χ1n) is 8.26. The number of nitrogens with zero attached hydrogens (tertiary/aromatic N) is 1. The zero-order valence-corrected chi connectivity index (χ0v) is 15.3. The van der Waals surface area contributed by atoms with E-state index in [9.17, 15) is 9.59 Å². The average Bonchev–Trinajstić information content (AvgIpc) is 2.58. The summed E-state index contributed by atoms with van der Waals surface area (Å²) in [5.41, 5.74) is 4.69. The Hall–Kier alpha value is -2.39. The summed E-state index contributed by atoms with van der Waals surface area (Å²) in [5.74, 6) is -0.521. The summed E-state index contributed by atoms with van der Waals surface area (Å²) < 4.78 is 1.74. The monoisotopic (exact) mass is 353 g/mol. The Kier molecular flexibility index (Phi) is 4.78. The normalized spacial score (nSPS) is 12.3. The summed E-state index contributed by atoms with van der Waals surface area (Å²) in [6.45, 7) is 6.25. The third kappa shape index (κ3) is 3.52.